The highest BCUT2D eigenvalue weighted by Crippen LogP contribution is 2.50. The summed E-state index contributed by atoms with van der Waals surface area (Å²) in [5.41, 5.74) is 6.93. The van der Waals surface area contributed by atoms with Gasteiger partial charge in [-0.3, -0.25) is 9.59 Å². The van der Waals surface area contributed by atoms with Gasteiger partial charge < -0.3 is 19.4 Å². The first-order chi connectivity index (χ1) is 19.7. The highest BCUT2D eigenvalue weighted by Gasteiger charge is 2.54. The third kappa shape index (κ3) is 4.65. The fourth-order valence-electron chi connectivity index (χ4n) is 7.43. The summed E-state index contributed by atoms with van der Waals surface area (Å²) in [4.78, 5) is 33.3. The molecule has 0 N–H and O–H groups in total. The molecule has 2 saturated heterocycles. The Morgan fingerprint density at radius 2 is 1.66 bits per heavy atom. The highest BCUT2D eigenvalue weighted by atomic mass is 19.1. The van der Waals surface area contributed by atoms with Crippen LogP contribution >= 0.6 is 0 Å². The summed E-state index contributed by atoms with van der Waals surface area (Å²) in [6.45, 7) is 6.77. The maximum atomic E-state index is 13.8. The van der Waals surface area contributed by atoms with Gasteiger partial charge in [0, 0.05) is 56.1 Å². The van der Waals surface area contributed by atoms with Crippen molar-refractivity contribution in [3.05, 3.63) is 88.2 Å². The van der Waals surface area contributed by atoms with Crippen LogP contribution in [0.25, 0.3) is 0 Å². The smallest absolute Gasteiger partial charge is 0.253 e. The summed E-state index contributed by atoms with van der Waals surface area (Å²) in [6, 6.07) is 16.8. The van der Waals surface area contributed by atoms with Crippen LogP contribution in [0.5, 0.6) is 5.75 Å². The van der Waals surface area contributed by atoms with Crippen LogP contribution in [-0.4, -0.2) is 62.0 Å². The van der Waals surface area contributed by atoms with E-state index in [-0.39, 0.29) is 23.5 Å². The summed E-state index contributed by atoms with van der Waals surface area (Å²) < 4.78 is 19.1. The van der Waals surface area contributed by atoms with Gasteiger partial charge in [-0.15, -0.1) is 0 Å². The van der Waals surface area contributed by atoms with Crippen LogP contribution < -0.4 is 9.64 Å². The number of fused-ring (bicyclic) bond motifs is 1. The maximum Gasteiger partial charge on any atom is 0.253 e. The number of rotatable bonds is 4. The van der Waals surface area contributed by atoms with E-state index in [1.54, 1.807) is 24.1 Å². The minimum atomic E-state index is -0.556. The third-order valence-electron chi connectivity index (χ3n) is 9.53. The predicted molar refractivity (Wildman–Crippen MR) is 159 cm³/mol. The van der Waals surface area contributed by atoms with Crippen molar-refractivity contribution in [2.75, 3.05) is 45.2 Å². The van der Waals surface area contributed by atoms with Gasteiger partial charge in [0.15, 0.2) is 0 Å². The van der Waals surface area contributed by atoms with E-state index < -0.39 is 5.41 Å². The van der Waals surface area contributed by atoms with E-state index in [0.29, 0.717) is 38.0 Å². The van der Waals surface area contributed by atoms with Gasteiger partial charge in [0.05, 0.1) is 12.5 Å². The molecular formula is C34H38FN3O3. The number of nitrogens with zero attached hydrogens (tertiary/aromatic N) is 3. The lowest BCUT2D eigenvalue weighted by atomic mass is 9.68. The molecule has 2 amide bonds. The van der Waals surface area contributed by atoms with Crippen LogP contribution in [0.3, 0.4) is 0 Å². The molecule has 1 unspecified atom stereocenters. The zero-order chi connectivity index (χ0) is 28.9. The number of anilines is 2. The van der Waals surface area contributed by atoms with Crippen molar-refractivity contribution >= 4 is 23.2 Å². The maximum absolute atomic E-state index is 13.8. The average molecular weight is 556 g/mol. The number of carbonyl (C=O) groups is 2. The second kappa shape index (κ2) is 10.5. The molecule has 2 fully saturated rings. The lowest BCUT2D eigenvalue weighted by Gasteiger charge is -2.41. The van der Waals surface area contributed by atoms with Crippen molar-refractivity contribution in [3.63, 3.8) is 0 Å². The number of carbonyl (C=O) groups excluding carboxylic acids is 2. The first kappa shape index (κ1) is 27.3. The van der Waals surface area contributed by atoms with Crippen molar-refractivity contribution in [2.45, 2.75) is 45.4 Å². The van der Waals surface area contributed by atoms with Crippen molar-refractivity contribution in [3.8, 4) is 5.75 Å². The zero-order valence-corrected chi connectivity index (χ0v) is 24.4. The Balaban J connectivity index is 1.24. The highest BCUT2D eigenvalue weighted by molar-refractivity contribution is 5.96. The molecule has 3 heterocycles. The Morgan fingerprint density at radius 3 is 2.32 bits per heavy atom. The molecule has 1 spiro atoms. The molecule has 0 aromatic heterocycles. The third-order valence-corrected chi connectivity index (χ3v) is 9.53. The monoisotopic (exact) mass is 555 g/mol. The first-order valence-corrected chi connectivity index (χ1v) is 14.6. The Bertz CT molecular complexity index is 1470. The number of ether oxygens (including phenoxy) is 1. The van der Waals surface area contributed by atoms with Crippen LogP contribution in [0.2, 0.25) is 0 Å². The van der Waals surface area contributed by atoms with Crippen LogP contribution in [0, 0.1) is 25.1 Å². The molecule has 3 aromatic carbocycles. The molecule has 1 atom stereocenters. The van der Waals surface area contributed by atoms with Gasteiger partial charge in [-0.1, -0.05) is 18.2 Å². The summed E-state index contributed by atoms with van der Waals surface area (Å²) >= 11 is 0. The molecule has 214 valence electrons. The van der Waals surface area contributed by atoms with Crippen molar-refractivity contribution in [1.29, 1.82) is 0 Å². The van der Waals surface area contributed by atoms with E-state index in [1.165, 1.54) is 23.4 Å². The van der Waals surface area contributed by atoms with Crippen LogP contribution in [0.4, 0.5) is 15.8 Å². The van der Waals surface area contributed by atoms with E-state index in [2.05, 4.69) is 43.0 Å². The first-order valence-electron chi connectivity index (χ1n) is 14.6. The Morgan fingerprint density at radius 1 is 0.976 bits per heavy atom. The minimum Gasteiger partial charge on any atom is -0.497 e. The van der Waals surface area contributed by atoms with Crippen LogP contribution in [-0.2, 0) is 11.2 Å². The summed E-state index contributed by atoms with van der Waals surface area (Å²) in [7, 11) is 3.53. The second-order valence-electron chi connectivity index (χ2n) is 11.9. The van der Waals surface area contributed by atoms with Gasteiger partial charge in [0.1, 0.15) is 11.6 Å². The lowest BCUT2D eigenvalue weighted by Crippen LogP contribution is -2.48. The standard InChI is InChI=1S/C34H38FN3O3/c1-22-18-28(41-4)19-23(2)31(22)38-15-5-6-25-7-8-26(20-30(25)38)32(39)37-16-13-34(14-17-37)29(21-36(3)33(34)40)24-9-11-27(35)12-10-24/h7-12,18-20,29H,5-6,13-17,21H2,1-4H3. The van der Waals surface area contributed by atoms with Gasteiger partial charge in [-0.25, -0.2) is 4.39 Å². The molecule has 6 rings (SSSR count). The van der Waals surface area contributed by atoms with Crippen molar-refractivity contribution in [1.82, 2.24) is 9.80 Å². The number of likely N-dealkylation sites (N-methyl/N-ethyl adjacent to an activating group) is 1. The number of benzene rings is 3. The normalized spacial score (nSPS) is 20.0. The van der Waals surface area contributed by atoms with Gasteiger partial charge in [-0.05, 0) is 98.2 Å². The summed E-state index contributed by atoms with van der Waals surface area (Å²) in [6.07, 6.45) is 3.24. The van der Waals surface area contributed by atoms with E-state index in [1.807, 2.05) is 18.0 Å². The second-order valence-corrected chi connectivity index (χ2v) is 11.9. The van der Waals surface area contributed by atoms with E-state index in [9.17, 15) is 14.0 Å². The van der Waals surface area contributed by atoms with Crippen molar-refractivity contribution < 1.29 is 18.7 Å². The summed E-state index contributed by atoms with van der Waals surface area (Å²) in [5.74, 6) is 0.705. The minimum absolute atomic E-state index is 0.00785. The average Bonchev–Trinajstić information content (AvgIpc) is 3.22. The van der Waals surface area contributed by atoms with Crippen LogP contribution in [0.1, 0.15) is 57.8 Å². The number of piperidine rings is 1. The fraction of sp³-hybridized carbons (Fsp3) is 0.412. The number of hydrogen-bond acceptors (Lipinski definition) is 4. The van der Waals surface area contributed by atoms with Gasteiger partial charge in [-0.2, -0.15) is 0 Å². The number of methoxy groups -OCH3 is 1. The van der Waals surface area contributed by atoms with Crippen LogP contribution in [0.15, 0.2) is 54.6 Å². The molecule has 0 aliphatic carbocycles. The molecule has 41 heavy (non-hydrogen) atoms. The molecule has 0 saturated carbocycles. The Hall–Kier alpha value is -3.87. The zero-order valence-electron chi connectivity index (χ0n) is 24.4. The van der Waals surface area contributed by atoms with Crippen molar-refractivity contribution in [2.24, 2.45) is 5.41 Å². The number of halogens is 1. The SMILES string of the molecule is COc1cc(C)c(N2CCCc3ccc(C(=O)N4CCC5(CC4)C(=O)N(C)CC5c4ccc(F)cc4)cc32)c(C)c1. The molecule has 0 radical (unpaired) electrons. The Kier molecular flexibility index (Phi) is 7.00. The molecular weight excluding hydrogens is 517 g/mol. The number of likely N-dealkylation sites (tertiary alicyclic amines) is 2. The van der Waals surface area contributed by atoms with Gasteiger partial charge in [0.2, 0.25) is 5.91 Å². The molecule has 7 heteroatoms. The quantitative estimate of drug-likeness (QED) is 0.396. The van der Waals surface area contributed by atoms with Gasteiger partial charge >= 0.3 is 0 Å². The lowest BCUT2D eigenvalue weighted by molar-refractivity contribution is -0.137. The largest absolute Gasteiger partial charge is 0.497 e. The fourth-order valence-corrected chi connectivity index (χ4v) is 7.43. The predicted octanol–water partition coefficient (Wildman–Crippen LogP) is 6.01. The molecule has 6 nitrogen and oxygen atoms in total. The molecule has 3 aliphatic heterocycles. The number of aryl methyl sites for hydroxylation is 3. The number of hydrogen-bond donors (Lipinski definition) is 0. The summed E-state index contributed by atoms with van der Waals surface area (Å²) in [5, 5.41) is 0. The Labute approximate surface area is 241 Å². The molecule has 0 bridgehead atoms. The number of amides is 2. The topological polar surface area (TPSA) is 53.1 Å². The van der Waals surface area contributed by atoms with Gasteiger partial charge in [0.25, 0.3) is 5.91 Å². The molecule has 3 aromatic rings. The van der Waals surface area contributed by atoms with E-state index in [4.69, 9.17) is 4.74 Å². The van der Waals surface area contributed by atoms with E-state index in [0.717, 1.165) is 47.5 Å². The molecule has 3 aliphatic rings. The van der Waals surface area contributed by atoms with E-state index >= 15 is 0 Å².